The van der Waals surface area contributed by atoms with E-state index in [0.717, 1.165) is 17.1 Å². The average molecular weight is 184 g/mol. The largest absolute Gasteiger partial charge is 0.370 e. The summed E-state index contributed by atoms with van der Waals surface area (Å²) in [5, 5.41) is 3.10. The Morgan fingerprint density at radius 2 is 2.42 bits per heavy atom. The Kier molecular flexibility index (Phi) is 3.04. The third-order valence-corrected chi connectivity index (χ3v) is 2.31. The van der Waals surface area contributed by atoms with Crippen LogP contribution in [-0.2, 0) is 6.42 Å². The molecule has 1 rings (SSSR count). The van der Waals surface area contributed by atoms with Gasteiger partial charge in [0.25, 0.3) is 0 Å². The molecule has 0 bridgehead atoms. The molecule has 0 saturated carbocycles. The predicted molar refractivity (Wildman–Crippen MR) is 51.2 cm³/mol. The van der Waals surface area contributed by atoms with Gasteiger partial charge in [0.1, 0.15) is 0 Å². The molecule has 0 atom stereocenters. The Morgan fingerprint density at radius 1 is 1.67 bits per heavy atom. The highest BCUT2D eigenvalue weighted by Crippen LogP contribution is 2.08. The van der Waals surface area contributed by atoms with Crippen LogP contribution in [0.15, 0.2) is 10.4 Å². The highest BCUT2D eigenvalue weighted by atomic mass is 32.1. The molecule has 5 heteroatoms. The average Bonchev–Trinajstić information content (AvgIpc) is 2.35. The van der Waals surface area contributed by atoms with Crippen molar-refractivity contribution in [3.05, 3.63) is 16.1 Å². The topological polar surface area (TPSA) is 77.3 Å². The molecule has 12 heavy (non-hydrogen) atoms. The molecule has 0 amide bonds. The summed E-state index contributed by atoms with van der Waals surface area (Å²) in [6.45, 7) is 2.59. The first-order valence-electron chi connectivity index (χ1n) is 3.65. The second-order valence-corrected chi connectivity index (χ2v) is 3.38. The zero-order valence-electron chi connectivity index (χ0n) is 6.95. The molecule has 1 aromatic heterocycles. The van der Waals surface area contributed by atoms with E-state index in [0.29, 0.717) is 6.54 Å². The van der Waals surface area contributed by atoms with Gasteiger partial charge in [0.15, 0.2) is 5.96 Å². The summed E-state index contributed by atoms with van der Waals surface area (Å²) in [4.78, 5) is 8.14. The third-order valence-electron chi connectivity index (χ3n) is 1.29. The smallest absolute Gasteiger partial charge is 0.185 e. The summed E-state index contributed by atoms with van der Waals surface area (Å²) in [7, 11) is 0. The van der Waals surface area contributed by atoms with Crippen LogP contribution >= 0.6 is 11.3 Å². The lowest BCUT2D eigenvalue weighted by atomic mass is 10.4. The van der Waals surface area contributed by atoms with Crippen molar-refractivity contribution in [2.75, 3.05) is 6.54 Å². The highest BCUT2D eigenvalue weighted by Gasteiger charge is 1.96. The number of aryl methyl sites for hydroxylation is 1. The number of guanidine groups is 1. The van der Waals surface area contributed by atoms with E-state index < -0.39 is 0 Å². The van der Waals surface area contributed by atoms with E-state index in [-0.39, 0.29) is 5.96 Å². The molecule has 0 aromatic carbocycles. The minimum absolute atomic E-state index is 0.142. The molecular formula is C7H12N4S. The zero-order chi connectivity index (χ0) is 8.97. The summed E-state index contributed by atoms with van der Waals surface area (Å²) in [5.41, 5.74) is 11.4. The van der Waals surface area contributed by atoms with Crippen molar-refractivity contribution in [1.82, 2.24) is 4.98 Å². The van der Waals surface area contributed by atoms with Gasteiger partial charge in [-0.25, -0.2) is 4.98 Å². The molecule has 0 fully saturated rings. The number of aliphatic imine (C=N–C) groups is 1. The van der Waals surface area contributed by atoms with Gasteiger partial charge in [0, 0.05) is 24.0 Å². The fourth-order valence-electron chi connectivity index (χ4n) is 0.798. The molecule has 1 aromatic rings. The maximum absolute atomic E-state index is 5.17. The van der Waals surface area contributed by atoms with Gasteiger partial charge in [-0.15, -0.1) is 11.3 Å². The van der Waals surface area contributed by atoms with Crippen molar-refractivity contribution in [3.63, 3.8) is 0 Å². The van der Waals surface area contributed by atoms with Crippen LogP contribution in [0.2, 0.25) is 0 Å². The molecule has 0 aliphatic rings. The molecule has 0 unspecified atom stereocenters. The number of nitrogens with zero attached hydrogens (tertiary/aromatic N) is 2. The van der Waals surface area contributed by atoms with Crippen LogP contribution in [0.25, 0.3) is 0 Å². The molecule has 0 aliphatic carbocycles. The molecule has 0 spiro atoms. The number of rotatable bonds is 3. The number of hydrogen-bond acceptors (Lipinski definition) is 3. The summed E-state index contributed by atoms with van der Waals surface area (Å²) >= 11 is 1.64. The number of thiazole rings is 1. The molecule has 66 valence electrons. The Bertz CT molecular complexity index is 275. The van der Waals surface area contributed by atoms with Gasteiger partial charge in [-0.1, -0.05) is 0 Å². The minimum atomic E-state index is 0.142. The second-order valence-electron chi connectivity index (χ2n) is 2.44. The van der Waals surface area contributed by atoms with Crippen molar-refractivity contribution >= 4 is 17.3 Å². The first-order valence-corrected chi connectivity index (χ1v) is 4.53. The Labute approximate surface area is 75.3 Å². The van der Waals surface area contributed by atoms with Crippen LogP contribution in [0.3, 0.4) is 0 Å². The lowest BCUT2D eigenvalue weighted by Gasteiger charge is -1.91. The summed E-state index contributed by atoms with van der Waals surface area (Å²) < 4.78 is 0. The quantitative estimate of drug-likeness (QED) is 0.523. The van der Waals surface area contributed by atoms with Gasteiger partial charge in [0.2, 0.25) is 0 Å². The summed E-state index contributed by atoms with van der Waals surface area (Å²) in [5.74, 6) is 0.142. The van der Waals surface area contributed by atoms with Crippen LogP contribution in [0.4, 0.5) is 0 Å². The van der Waals surface area contributed by atoms with E-state index in [1.54, 1.807) is 11.3 Å². The van der Waals surface area contributed by atoms with Crippen molar-refractivity contribution in [2.24, 2.45) is 16.5 Å². The lowest BCUT2D eigenvalue weighted by molar-refractivity contribution is 0.941. The van der Waals surface area contributed by atoms with Crippen molar-refractivity contribution in [1.29, 1.82) is 0 Å². The molecule has 4 nitrogen and oxygen atoms in total. The second kappa shape index (κ2) is 4.06. The Balaban J connectivity index is 2.38. The Morgan fingerprint density at radius 3 is 2.92 bits per heavy atom. The monoisotopic (exact) mass is 184 g/mol. The van der Waals surface area contributed by atoms with Crippen molar-refractivity contribution in [3.8, 4) is 0 Å². The molecule has 0 saturated heterocycles. The number of hydrogen-bond donors (Lipinski definition) is 2. The first-order chi connectivity index (χ1) is 5.68. The summed E-state index contributed by atoms with van der Waals surface area (Å²) in [6, 6.07) is 0. The lowest BCUT2D eigenvalue weighted by Crippen LogP contribution is -2.23. The molecular weight excluding hydrogens is 172 g/mol. The van der Waals surface area contributed by atoms with E-state index in [4.69, 9.17) is 11.5 Å². The van der Waals surface area contributed by atoms with Crippen LogP contribution in [0.1, 0.15) is 10.7 Å². The third kappa shape index (κ3) is 2.87. The fourth-order valence-corrected chi connectivity index (χ4v) is 1.56. The SMILES string of the molecule is Cc1csc(CCN=C(N)N)n1. The number of aromatic nitrogens is 1. The highest BCUT2D eigenvalue weighted by molar-refractivity contribution is 7.09. The standard InChI is InChI=1S/C7H12N4S/c1-5-4-12-6(11-5)2-3-10-7(8)9/h4H,2-3H2,1H3,(H4,8,9,10). The van der Waals surface area contributed by atoms with E-state index in [1.807, 2.05) is 12.3 Å². The van der Waals surface area contributed by atoms with E-state index in [2.05, 4.69) is 9.98 Å². The predicted octanol–water partition coefficient (Wildman–Crippen LogP) is 0.267. The zero-order valence-corrected chi connectivity index (χ0v) is 7.77. The van der Waals surface area contributed by atoms with Crippen molar-refractivity contribution < 1.29 is 0 Å². The van der Waals surface area contributed by atoms with Gasteiger partial charge in [-0.05, 0) is 6.92 Å². The van der Waals surface area contributed by atoms with Gasteiger partial charge < -0.3 is 11.5 Å². The van der Waals surface area contributed by atoms with E-state index >= 15 is 0 Å². The van der Waals surface area contributed by atoms with Gasteiger partial charge >= 0.3 is 0 Å². The molecule has 4 N–H and O–H groups in total. The van der Waals surface area contributed by atoms with Crippen LogP contribution < -0.4 is 11.5 Å². The van der Waals surface area contributed by atoms with Crippen LogP contribution in [0.5, 0.6) is 0 Å². The summed E-state index contributed by atoms with van der Waals surface area (Å²) in [6.07, 6.45) is 0.816. The minimum Gasteiger partial charge on any atom is -0.370 e. The van der Waals surface area contributed by atoms with Crippen molar-refractivity contribution in [2.45, 2.75) is 13.3 Å². The molecule has 0 aliphatic heterocycles. The maximum Gasteiger partial charge on any atom is 0.185 e. The van der Waals surface area contributed by atoms with Gasteiger partial charge in [0.05, 0.1) is 5.01 Å². The fraction of sp³-hybridized carbons (Fsp3) is 0.429. The van der Waals surface area contributed by atoms with Crippen LogP contribution in [0, 0.1) is 6.92 Å². The maximum atomic E-state index is 5.17. The van der Waals surface area contributed by atoms with Crippen LogP contribution in [-0.4, -0.2) is 17.5 Å². The van der Waals surface area contributed by atoms with E-state index in [1.165, 1.54) is 0 Å². The molecule has 1 heterocycles. The molecule has 0 radical (unpaired) electrons. The first kappa shape index (κ1) is 8.99. The normalized spacial score (nSPS) is 9.75. The van der Waals surface area contributed by atoms with Gasteiger partial charge in [-0.3, -0.25) is 4.99 Å². The van der Waals surface area contributed by atoms with Gasteiger partial charge in [-0.2, -0.15) is 0 Å². The van der Waals surface area contributed by atoms with E-state index in [9.17, 15) is 0 Å². The number of nitrogens with two attached hydrogens (primary N) is 2. The Hall–Kier alpha value is -1.10.